The van der Waals surface area contributed by atoms with Crippen molar-refractivity contribution in [3.8, 4) is 0 Å². The van der Waals surface area contributed by atoms with Crippen LogP contribution in [-0.2, 0) is 15.8 Å². The highest BCUT2D eigenvalue weighted by Crippen LogP contribution is 2.25. The molecule has 2 aromatic rings. The highest BCUT2D eigenvalue weighted by Gasteiger charge is 2.26. The third kappa shape index (κ3) is 4.40. The molecule has 9 heteroatoms. The lowest BCUT2D eigenvalue weighted by Gasteiger charge is -2.25. The summed E-state index contributed by atoms with van der Waals surface area (Å²) in [6, 6.07) is 9.70. The van der Waals surface area contributed by atoms with E-state index >= 15 is 0 Å². The number of pyridine rings is 1. The van der Waals surface area contributed by atoms with Crippen molar-refractivity contribution in [2.24, 2.45) is 0 Å². The van der Waals surface area contributed by atoms with Crippen molar-refractivity contribution in [3.05, 3.63) is 58.3 Å². The summed E-state index contributed by atoms with van der Waals surface area (Å²) in [7, 11) is -3.47. The minimum Gasteiger partial charge on any atom is -0.258 e. The second kappa shape index (κ2) is 8.15. The summed E-state index contributed by atoms with van der Waals surface area (Å²) in [5, 5.41) is 11.5. The van der Waals surface area contributed by atoms with E-state index in [9.17, 15) is 18.5 Å². The standard InChI is InChI=1S/C17H19N3O4S2/c21-20(22)15-6-4-5-14(11-15)13-25-17-8-7-16(12-18-17)26(23,24)19-9-2-1-3-10-19/h4-8,11-12H,1-3,9-10,13H2. The first-order valence-corrected chi connectivity index (χ1v) is 10.7. The Morgan fingerprint density at radius 1 is 1.15 bits per heavy atom. The summed E-state index contributed by atoms with van der Waals surface area (Å²) in [4.78, 5) is 14.8. The smallest absolute Gasteiger partial charge is 0.258 e. The predicted molar refractivity (Wildman–Crippen MR) is 99.5 cm³/mol. The van der Waals surface area contributed by atoms with Gasteiger partial charge in [-0.2, -0.15) is 4.31 Å². The van der Waals surface area contributed by atoms with Crippen molar-refractivity contribution in [3.63, 3.8) is 0 Å². The van der Waals surface area contributed by atoms with Gasteiger partial charge in [-0.05, 0) is 30.5 Å². The van der Waals surface area contributed by atoms with Gasteiger partial charge in [0.15, 0.2) is 0 Å². The number of thioether (sulfide) groups is 1. The molecule has 1 aromatic heterocycles. The molecule has 0 spiro atoms. The van der Waals surface area contributed by atoms with Crippen LogP contribution < -0.4 is 0 Å². The summed E-state index contributed by atoms with van der Waals surface area (Å²) in [5.74, 6) is 0.521. The molecule has 0 radical (unpaired) electrons. The summed E-state index contributed by atoms with van der Waals surface area (Å²) >= 11 is 1.41. The van der Waals surface area contributed by atoms with E-state index in [0.29, 0.717) is 23.9 Å². The molecule has 0 bridgehead atoms. The Hall–Kier alpha value is -1.97. The number of hydrogen-bond acceptors (Lipinski definition) is 6. The molecule has 1 fully saturated rings. The van der Waals surface area contributed by atoms with Gasteiger partial charge in [-0.15, -0.1) is 11.8 Å². The van der Waals surface area contributed by atoms with Crippen LogP contribution in [0.2, 0.25) is 0 Å². The van der Waals surface area contributed by atoms with E-state index in [1.165, 1.54) is 34.4 Å². The van der Waals surface area contributed by atoms with E-state index < -0.39 is 14.9 Å². The van der Waals surface area contributed by atoms with E-state index in [0.717, 1.165) is 24.8 Å². The van der Waals surface area contributed by atoms with Gasteiger partial charge in [-0.3, -0.25) is 10.1 Å². The predicted octanol–water partition coefficient (Wildman–Crippen LogP) is 3.46. The second-order valence-corrected chi connectivity index (χ2v) is 8.95. The van der Waals surface area contributed by atoms with Crippen LogP contribution in [-0.4, -0.2) is 35.7 Å². The Labute approximate surface area is 156 Å². The fraction of sp³-hybridized carbons (Fsp3) is 0.353. The van der Waals surface area contributed by atoms with Gasteiger partial charge < -0.3 is 0 Å². The molecule has 0 unspecified atom stereocenters. The third-order valence-corrected chi connectivity index (χ3v) is 7.07. The van der Waals surface area contributed by atoms with Crippen molar-refractivity contribution >= 4 is 27.5 Å². The molecule has 0 saturated carbocycles. The molecule has 138 valence electrons. The lowest BCUT2D eigenvalue weighted by Crippen LogP contribution is -2.35. The zero-order valence-electron chi connectivity index (χ0n) is 14.1. The summed E-state index contributed by atoms with van der Waals surface area (Å²) < 4.78 is 26.7. The van der Waals surface area contributed by atoms with Crippen molar-refractivity contribution < 1.29 is 13.3 Å². The summed E-state index contributed by atoms with van der Waals surface area (Å²) in [6.07, 6.45) is 4.24. The lowest BCUT2D eigenvalue weighted by molar-refractivity contribution is -0.384. The number of benzene rings is 1. The SMILES string of the molecule is O=[N+]([O-])c1cccc(CSc2ccc(S(=O)(=O)N3CCCCC3)cn2)c1. The van der Waals surface area contributed by atoms with Crippen molar-refractivity contribution in [2.45, 2.75) is 34.9 Å². The molecule has 7 nitrogen and oxygen atoms in total. The van der Waals surface area contributed by atoms with Crippen molar-refractivity contribution in [1.82, 2.24) is 9.29 Å². The van der Waals surface area contributed by atoms with E-state index in [1.807, 2.05) is 6.07 Å². The van der Waals surface area contributed by atoms with Crippen molar-refractivity contribution in [2.75, 3.05) is 13.1 Å². The molecular weight excluding hydrogens is 374 g/mol. The quantitative estimate of drug-likeness (QED) is 0.424. The van der Waals surface area contributed by atoms with Crippen LogP contribution in [0, 0.1) is 10.1 Å². The summed E-state index contributed by atoms with van der Waals surface area (Å²) in [6.45, 7) is 1.12. The highest BCUT2D eigenvalue weighted by molar-refractivity contribution is 7.98. The molecule has 0 aliphatic carbocycles. The molecule has 0 atom stereocenters. The molecule has 0 amide bonds. The molecular formula is C17H19N3O4S2. The van der Waals surface area contributed by atoms with Gasteiger partial charge in [0.05, 0.1) is 9.95 Å². The number of hydrogen-bond donors (Lipinski definition) is 0. The number of non-ortho nitro benzene ring substituents is 1. The van der Waals surface area contributed by atoms with Gasteiger partial charge in [-0.1, -0.05) is 18.6 Å². The highest BCUT2D eigenvalue weighted by atomic mass is 32.2. The van der Waals surface area contributed by atoms with Gasteiger partial charge in [-0.25, -0.2) is 13.4 Å². The average molecular weight is 393 g/mol. The number of piperidine rings is 1. The Morgan fingerprint density at radius 2 is 1.92 bits per heavy atom. The Bertz CT molecular complexity index is 879. The van der Waals surface area contributed by atoms with Crippen LogP contribution in [0.25, 0.3) is 0 Å². The van der Waals surface area contributed by atoms with Crippen LogP contribution in [0.15, 0.2) is 52.5 Å². The van der Waals surface area contributed by atoms with Gasteiger partial charge in [0.2, 0.25) is 10.0 Å². The number of nitrogens with zero attached hydrogens (tertiary/aromatic N) is 3. The minimum absolute atomic E-state index is 0.0547. The van der Waals surface area contributed by atoms with Crippen molar-refractivity contribution in [1.29, 1.82) is 0 Å². The minimum atomic E-state index is -3.47. The maximum Gasteiger partial charge on any atom is 0.269 e. The fourth-order valence-corrected chi connectivity index (χ4v) is 5.02. The van der Waals surface area contributed by atoms with Crippen LogP contribution in [0.3, 0.4) is 0 Å². The molecule has 1 aliphatic heterocycles. The van der Waals surface area contributed by atoms with Crippen LogP contribution in [0.1, 0.15) is 24.8 Å². The first-order chi connectivity index (χ1) is 12.5. The molecule has 26 heavy (non-hydrogen) atoms. The van der Waals surface area contributed by atoms with E-state index in [-0.39, 0.29) is 10.6 Å². The second-order valence-electron chi connectivity index (χ2n) is 6.01. The largest absolute Gasteiger partial charge is 0.269 e. The first-order valence-electron chi connectivity index (χ1n) is 8.29. The number of sulfonamides is 1. The van der Waals surface area contributed by atoms with Gasteiger partial charge >= 0.3 is 0 Å². The van der Waals surface area contributed by atoms with Crippen LogP contribution in [0.4, 0.5) is 5.69 Å². The molecule has 1 saturated heterocycles. The van der Waals surface area contributed by atoms with Gasteiger partial charge in [0.1, 0.15) is 4.90 Å². The van der Waals surface area contributed by atoms with E-state index in [1.54, 1.807) is 18.2 Å². The van der Waals surface area contributed by atoms with E-state index in [4.69, 9.17) is 0 Å². The maximum absolute atomic E-state index is 12.6. The Balaban J connectivity index is 1.66. The molecule has 3 rings (SSSR count). The number of rotatable bonds is 6. The average Bonchev–Trinajstić information content (AvgIpc) is 2.67. The topological polar surface area (TPSA) is 93.4 Å². The molecule has 0 N–H and O–H groups in total. The number of nitro groups is 1. The fourth-order valence-electron chi connectivity index (χ4n) is 2.78. The first kappa shape index (κ1) is 18.8. The molecule has 1 aliphatic rings. The zero-order chi connectivity index (χ0) is 18.6. The molecule has 2 heterocycles. The monoisotopic (exact) mass is 393 g/mol. The Kier molecular flexibility index (Phi) is 5.90. The van der Waals surface area contributed by atoms with Gasteiger partial charge in [0, 0.05) is 37.2 Å². The normalized spacial score (nSPS) is 15.7. The Morgan fingerprint density at radius 3 is 2.58 bits per heavy atom. The van der Waals surface area contributed by atoms with Crippen LogP contribution in [0.5, 0.6) is 0 Å². The summed E-state index contributed by atoms with van der Waals surface area (Å²) in [5.41, 5.74) is 0.870. The lowest BCUT2D eigenvalue weighted by atomic mass is 10.2. The van der Waals surface area contributed by atoms with Gasteiger partial charge in [0.25, 0.3) is 5.69 Å². The number of aromatic nitrogens is 1. The van der Waals surface area contributed by atoms with Crippen LogP contribution >= 0.6 is 11.8 Å². The zero-order valence-corrected chi connectivity index (χ0v) is 15.7. The molecule has 1 aromatic carbocycles. The number of nitro benzene ring substituents is 1. The third-order valence-electron chi connectivity index (χ3n) is 4.17. The van der Waals surface area contributed by atoms with E-state index in [2.05, 4.69) is 4.98 Å². The maximum atomic E-state index is 12.6.